The van der Waals surface area contributed by atoms with Gasteiger partial charge in [0.05, 0.1) is 71.9 Å². The SMILES string of the molecule is C.C.CC(C)(C)OC(=O)OC(=O)OC(C)(C)C.CC(C)c1ccc(Br)cc1.C[C@H](N)c1ccc(Br)cc1.Cc1cscn1.Cc1ncsc1-c1ccc(C(C)C)cc1.Cc1ncsc1-c1ccc([C@H](C)CC(=O)[C@@H]2C[C@@H](O)CN2C(=O)[C@@H](N)C(C)(C)C)cc1.Cc1ncsc1-c1ccc([C@H](C)N)cc1.Cl.Cl.Cl.F.N.O.P. The molecule has 1 saturated heterocycles. The Kier molecular flexibility index (Phi) is 58.5. The van der Waals surface area contributed by atoms with Crippen molar-refractivity contribution in [1.82, 2.24) is 31.0 Å². The van der Waals surface area contributed by atoms with E-state index in [1.54, 1.807) is 86.9 Å². The number of thiazole rings is 4. The Bertz CT molecular complexity index is 3830. The first-order valence-electron chi connectivity index (χ1n) is 33.9. The van der Waals surface area contributed by atoms with Crippen LogP contribution in [0.15, 0.2) is 158 Å². The molecular formula is C82H126Br2Cl3FN9O9PS4. The highest BCUT2D eigenvalue weighted by Gasteiger charge is 2.43. The predicted octanol–water partition coefficient (Wildman–Crippen LogP) is 23.3. The smallest absolute Gasteiger partial charge is 0.428 e. The number of aliphatic hydroxyl groups excluding tert-OH is 1. The van der Waals surface area contributed by atoms with E-state index >= 15 is 0 Å². The highest BCUT2D eigenvalue weighted by atomic mass is 79.9. The summed E-state index contributed by atoms with van der Waals surface area (Å²) in [6.07, 6.45) is -2.22. The minimum atomic E-state index is -1.06. The summed E-state index contributed by atoms with van der Waals surface area (Å²) in [4.78, 5) is 70.0. The van der Waals surface area contributed by atoms with Crippen molar-refractivity contribution in [2.75, 3.05) is 6.54 Å². The number of nitrogens with zero attached hydrogens (tertiary/aromatic N) is 5. The van der Waals surface area contributed by atoms with Crippen molar-refractivity contribution in [2.45, 2.75) is 225 Å². The van der Waals surface area contributed by atoms with E-state index in [-0.39, 0.29) is 121 Å². The maximum Gasteiger partial charge on any atom is 0.519 e. The number of carbonyl (C=O) groups is 4. The topological polar surface area (TPSA) is 316 Å². The van der Waals surface area contributed by atoms with Crippen LogP contribution >= 0.6 is 124 Å². The van der Waals surface area contributed by atoms with Crippen LogP contribution in [-0.4, -0.2) is 95.4 Å². The van der Waals surface area contributed by atoms with Gasteiger partial charge in [-0.25, -0.2) is 24.5 Å². The molecule has 624 valence electrons. The number of amides is 1. The molecule has 4 aromatic heterocycles. The van der Waals surface area contributed by atoms with Gasteiger partial charge in [0.25, 0.3) is 0 Å². The Morgan fingerprint density at radius 2 is 0.847 bits per heavy atom. The molecule has 0 spiro atoms. The highest BCUT2D eigenvalue weighted by molar-refractivity contribution is 9.10. The van der Waals surface area contributed by atoms with E-state index in [4.69, 9.17) is 26.7 Å². The summed E-state index contributed by atoms with van der Waals surface area (Å²) in [5.41, 5.74) is 37.4. The average molecular weight is 1830 g/mol. The van der Waals surface area contributed by atoms with Crippen molar-refractivity contribution in [1.29, 1.82) is 0 Å². The molecule has 9 aromatic rings. The number of hydrogen-bond acceptors (Lipinski definition) is 20. The number of aromatic nitrogens is 4. The van der Waals surface area contributed by atoms with Gasteiger partial charge in [0.15, 0.2) is 5.78 Å². The zero-order chi connectivity index (χ0) is 76.4. The first kappa shape index (κ1) is 116. The number of benzene rings is 5. The van der Waals surface area contributed by atoms with Crippen LogP contribution in [0.5, 0.6) is 0 Å². The fourth-order valence-corrected chi connectivity index (χ4v) is 13.1. The van der Waals surface area contributed by atoms with Crippen molar-refractivity contribution in [3.05, 3.63) is 208 Å². The van der Waals surface area contributed by atoms with E-state index in [0.717, 1.165) is 47.7 Å². The van der Waals surface area contributed by atoms with E-state index in [0.29, 0.717) is 18.3 Å². The van der Waals surface area contributed by atoms with Crippen LogP contribution in [-0.2, 0) is 23.8 Å². The van der Waals surface area contributed by atoms with Gasteiger partial charge in [0.2, 0.25) is 5.91 Å². The molecule has 1 fully saturated rings. The van der Waals surface area contributed by atoms with Gasteiger partial charge in [0.1, 0.15) is 11.2 Å². The third-order valence-electron chi connectivity index (χ3n) is 15.6. The van der Waals surface area contributed by atoms with Crippen molar-refractivity contribution in [3.63, 3.8) is 0 Å². The van der Waals surface area contributed by atoms with E-state index in [9.17, 15) is 24.3 Å². The molecule has 0 radical (unpaired) electrons. The van der Waals surface area contributed by atoms with Gasteiger partial charge in [-0.05, 0) is 175 Å². The maximum atomic E-state index is 13.1. The van der Waals surface area contributed by atoms with E-state index in [1.807, 2.05) is 126 Å². The molecule has 5 aromatic carbocycles. The van der Waals surface area contributed by atoms with Crippen LogP contribution in [0.2, 0.25) is 0 Å². The number of hydrogen-bond donors (Lipinski definition) is 5. The van der Waals surface area contributed by atoms with Gasteiger partial charge in [0, 0.05) is 51.5 Å². The summed E-state index contributed by atoms with van der Waals surface area (Å²) >= 11 is 13.4. The molecule has 12 N–H and O–H groups in total. The summed E-state index contributed by atoms with van der Waals surface area (Å²) in [5.74, 6) is 0.949. The summed E-state index contributed by atoms with van der Waals surface area (Å²) in [5, 5.41) is 12.2. The zero-order valence-electron chi connectivity index (χ0n) is 66.4. The highest BCUT2D eigenvalue weighted by Crippen LogP contribution is 2.34. The van der Waals surface area contributed by atoms with Gasteiger partial charge < -0.3 is 53.0 Å². The van der Waals surface area contributed by atoms with Crippen molar-refractivity contribution in [3.8, 4) is 31.3 Å². The number of rotatable bonds is 12. The Labute approximate surface area is 716 Å². The van der Waals surface area contributed by atoms with Crippen LogP contribution in [0, 0.1) is 33.1 Å². The first-order valence-corrected chi connectivity index (χ1v) is 39.1. The van der Waals surface area contributed by atoms with E-state index in [1.165, 1.54) is 48.0 Å². The molecular weight excluding hydrogens is 1700 g/mol. The standard InChI is InChI=1S/C24H33N3O3S.C13H15NS.C12H14N2S.C10H18O5.C9H11Br.C8H10BrN.C4H5NS.2CH4.3ClH.FH.H3N.H2O.H3P/c1-14(16-6-8-17(9-7-16)21-15(2)26-13-31-21)10-20(29)19-11-18(28)12-27(19)23(30)22(25)24(3,4)5;1-9(2)11-4-6-12(7-5-11)13-10(3)14-8-15-13;1-8(13)10-3-5-11(6-4-10)12-9(2)14-7-15-12;1-9(2,3)14-7(11)13-8(12)15-10(4,5)6;1-7(2)8-3-5-9(10)6-4-8;1-6(10)7-2-4-8(9)5-3-7;1-4-2-6-3-5-4;;;;;;;;;/h6-9,13-14,18-19,22,28H,10-12,25H2,1-5H3;4-9H,1-3H3;3-8H,13H2,1-2H3;1-6H3;3-7H,1-2H3;2-6H,10H2,1H3;2-3H,1H3;2*1H4;4*1H;1H3;1H2;1H3/t14-,18-,19+,22-;;8-;;;6-;;;;;;;;;;/m1.0..0........../s1. The molecule has 1 amide bonds. The van der Waals surface area contributed by atoms with Gasteiger partial charge >= 0.3 is 12.3 Å². The molecule has 1 unspecified atom stereocenters. The number of aryl methyl sites for hydroxylation is 4. The molecule has 1 aliphatic heterocycles. The van der Waals surface area contributed by atoms with E-state index < -0.39 is 47.1 Å². The molecule has 1 aliphatic rings. The molecule has 29 heteroatoms. The lowest BCUT2D eigenvalue weighted by Crippen LogP contribution is -2.53. The Balaban J connectivity index is -0.000000301. The van der Waals surface area contributed by atoms with Gasteiger partial charge in [-0.2, -0.15) is 9.90 Å². The lowest BCUT2D eigenvalue weighted by molar-refractivity contribution is -0.140. The largest absolute Gasteiger partial charge is 0.519 e. The fraction of sp³-hybridized carbons (Fsp3) is 0.439. The molecule has 0 aliphatic carbocycles. The zero-order valence-corrected chi connectivity index (χ0v) is 76.7. The second-order valence-electron chi connectivity index (χ2n) is 28.6. The quantitative estimate of drug-likeness (QED) is 0.0431. The average Bonchev–Trinajstić information content (AvgIpc) is 1.68. The lowest BCUT2D eigenvalue weighted by atomic mass is 9.86. The van der Waals surface area contributed by atoms with Crippen molar-refractivity contribution >= 4 is 148 Å². The van der Waals surface area contributed by atoms with E-state index in [2.05, 4.69) is 176 Å². The number of ether oxygens (including phenoxy) is 3. The van der Waals surface area contributed by atoms with Gasteiger partial charge in [-0.1, -0.05) is 199 Å². The van der Waals surface area contributed by atoms with Crippen LogP contribution in [0.3, 0.4) is 0 Å². The van der Waals surface area contributed by atoms with Crippen LogP contribution in [0.1, 0.15) is 219 Å². The predicted molar refractivity (Wildman–Crippen MR) is 488 cm³/mol. The number of aliphatic hydroxyl groups is 1. The third-order valence-corrected chi connectivity index (χ3v) is 20.3. The normalized spacial score (nSPS) is 13.3. The monoisotopic (exact) mass is 1820 g/mol. The maximum absolute atomic E-state index is 13.1. The summed E-state index contributed by atoms with van der Waals surface area (Å²) in [7, 11) is 0. The van der Waals surface area contributed by atoms with Crippen molar-refractivity contribution in [2.24, 2.45) is 22.6 Å². The summed E-state index contributed by atoms with van der Waals surface area (Å²) in [6.45, 7) is 38.8. The number of carbonyl (C=O) groups excluding carboxylic acids is 4. The number of ketones is 1. The third kappa shape index (κ3) is 42.1. The molecule has 111 heavy (non-hydrogen) atoms. The second-order valence-corrected chi connectivity index (χ2v) is 33.7. The number of halogens is 6. The molecule has 0 saturated carbocycles. The molecule has 5 heterocycles. The molecule has 7 atom stereocenters. The van der Waals surface area contributed by atoms with Crippen LogP contribution in [0.4, 0.5) is 14.3 Å². The minimum absolute atomic E-state index is 0. The van der Waals surface area contributed by atoms with Crippen LogP contribution < -0.4 is 23.4 Å². The second kappa shape index (κ2) is 55.9. The molecule has 18 nitrogen and oxygen atoms in total. The number of Topliss-reactive ketones (excluding diaryl/α,β-unsaturated/α-hetero) is 1. The lowest BCUT2D eigenvalue weighted by Gasteiger charge is -2.32. The first-order chi connectivity index (χ1) is 47.6. The number of nitrogens with two attached hydrogens (primary N) is 3. The Hall–Kier alpha value is -5.55. The van der Waals surface area contributed by atoms with Gasteiger partial charge in [-0.3, -0.25) is 19.3 Å². The van der Waals surface area contributed by atoms with Crippen molar-refractivity contribution < 1.29 is 48.7 Å². The summed E-state index contributed by atoms with van der Waals surface area (Å²) < 4.78 is 16.0. The minimum Gasteiger partial charge on any atom is -0.428 e. The Morgan fingerprint density at radius 3 is 1.11 bits per heavy atom. The number of β-amino-alcohol motifs (C(OH)–C–C–N with tert-alkyl or cyclic N) is 1. The van der Waals surface area contributed by atoms with Crippen LogP contribution in [0.25, 0.3) is 31.3 Å². The summed E-state index contributed by atoms with van der Waals surface area (Å²) in [6, 6.07) is 40.8. The molecule has 10 rings (SSSR count). The molecule has 0 bridgehead atoms. The Morgan fingerprint density at radius 1 is 0.532 bits per heavy atom. The van der Waals surface area contributed by atoms with Gasteiger partial charge in [-0.15, -0.1) is 82.6 Å². The fourth-order valence-electron chi connectivity index (χ4n) is 9.62. The number of likely N-dealkylation sites (tertiary alicyclic amines) is 1.